The van der Waals surface area contributed by atoms with Gasteiger partial charge in [-0.15, -0.1) is 0 Å². The Balaban J connectivity index is 1.41. The van der Waals surface area contributed by atoms with Gasteiger partial charge in [-0.1, -0.05) is 0 Å². The number of nitrogens with zero attached hydrogens (tertiary/aromatic N) is 2. The van der Waals surface area contributed by atoms with Crippen molar-refractivity contribution in [1.29, 1.82) is 0 Å². The van der Waals surface area contributed by atoms with Crippen molar-refractivity contribution in [2.75, 3.05) is 32.7 Å². The van der Waals surface area contributed by atoms with Gasteiger partial charge in [-0.2, -0.15) is 0 Å². The molecular formula is C16H27N3O2. The molecule has 118 valence electrons. The molecule has 2 aliphatic heterocycles. The fourth-order valence-electron chi connectivity index (χ4n) is 3.36. The molecule has 1 atom stereocenters. The van der Waals surface area contributed by atoms with Gasteiger partial charge in [0.15, 0.2) is 0 Å². The summed E-state index contributed by atoms with van der Waals surface area (Å²) in [5.41, 5.74) is 0. The molecule has 0 aromatic heterocycles. The molecular weight excluding hydrogens is 266 g/mol. The van der Waals surface area contributed by atoms with Crippen LogP contribution in [-0.2, 0) is 9.59 Å². The quantitative estimate of drug-likeness (QED) is 0.822. The molecule has 3 rings (SSSR count). The van der Waals surface area contributed by atoms with Gasteiger partial charge in [0.05, 0.1) is 6.54 Å². The molecule has 1 unspecified atom stereocenters. The van der Waals surface area contributed by atoms with Gasteiger partial charge in [0.2, 0.25) is 11.8 Å². The number of likely N-dealkylation sites (tertiary alicyclic amines) is 2. The third-order valence-electron chi connectivity index (χ3n) is 4.98. The molecule has 3 aliphatic rings. The van der Waals surface area contributed by atoms with Crippen LogP contribution in [0.4, 0.5) is 0 Å². The van der Waals surface area contributed by atoms with Gasteiger partial charge in [-0.25, -0.2) is 0 Å². The van der Waals surface area contributed by atoms with E-state index in [9.17, 15) is 9.59 Å². The second kappa shape index (κ2) is 6.77. The highest BCUT2D eigenvalue weighted by Gasteiger charge is 2.29. The lowest BCUT2D eigenvalue weighted by Gasteiger charge is -2.21. The van der Waals surface area contributed by atoms with Gasteiger partial charge in [-0.3, -0.25) is 9.59 Å². The summed E-state index contributed by atoms with van der Waals surface area (Å²) >= 11 is 0. The van der Waals surface area contributed by atoms with Crippen LogP contribution in [0.1, 0.15) is 44.9 Å². The van der Waals surface area contributed by atoms with E-state index in [2.05, 4.69) is 5.32 Å². The lowest BCUT2D eigenvalue weighted by molar-refractivity contribution is -0.131. The Morgan fingerprint density at radius 2 is 1.86 bits per heavy atom. The average Bonchev–Trinajstić information content (AvgIpc) is 3.17. The van der Waals surface area contributed by atoms with Crippen molar-refractivity contribution >= 4 is 11.8 Å². The van der Waals surface area contributed by atoms with E-state index in [0.29, 0.717) is 24.9 Å². The monoisotopic (exact) mass is 293 g/mol. The first kappa shape index (κ1) is 14.8. The summed E-state index contributed by atoms with van der Waals surface area (Å²) in [6, 6.07) is 0.310. The van der Waals surface area contributed by atoms with Crippen LogP contribution in [0.2, 0.25) is 0 Å². The van der Waals surface area contributed by atoms with Gasteiger partial charge < -0.3 is 15.1 Å². The highest BCUT2D eigenvalue weighted by molar-refractivity contribution is 5.78. The number of rotatable bonds is 5. The second-order valence-electron chi connectivity index (χ2n) is 6.78. The minimum Gasteiger partial charge on any atom is -0.342 e. The van der Waals surface area contributed by atoms with E-state index < -0.39 is 0 Å². The van der Waals surface area contributed by atoms with Crippen molar-refractivity contribution in [1.82, 2.24) is 15.1 Å². The third-order valence-corrected chi connectivity index (χ3v) is 4.98. The van der Waals surface area contributed by atoms with E-state index in [1.165, 1.54) is 12.8 Å². The topological polar surface area (TPSA) is 52.7 Å². The van der Waals surface area contributed by atoms with Crippen LogP contribution in [0, 0.1) is 5.92 Å². The van der Waals surface area contributed by atoms with E-state index in [-0.39, 0.29) is 5.91 Å². The Bertz CT molecular complexity index is 389. The molecule has 1 N–H and O–H groups in total. The molecule has 1 aliphatic carbocycles. The summed E-state index contributed by atoms with van der Waals surface area (Å²) < 4.78 is 0. The molecule has 1 saturated carbocycles. The van der Waals surface area contributed by atoms with Crippen LogP contribution in [0.15, 0.2) is 0 Å². The van der Waals surface area contributed by atoms with Crippen LogP contribution < -0.4 is 5.32 Å². The lowest BCUT2D eigenvalue weighted by atomic mass is 10.1. The highest BCUT2D eigenvalue weighted by atomic mass is 16.2. The Morgan fingerprint density at radius 3 is 2.57 bits per heavy atom. The molecule has 2 saturated heterocycles. The normalized spacial score (nSPS) is 27.0. The molecule has 2 heterocycles. The number of carbonyl (C=O) groups excluding carboxylic acids is 2. The largest absolute Gasteiger partial charge is 0.342 e. The third kappa shape index (κ3) is 4.19. The standard InChI is InChI=1S/C16H27N3O2/c20-15-6-5-14(7-10-19(15)12-13-3-4-13)17-11-16(21)18-8-1-2-9-18/h13-14,17H,1-12H2. The summed E-state index contributed by atoms with van der Waals surface area (Å²) in [5.74, 6) is 1.28. The Morgan fingerprint density at radius 1 is 1.10 bits per heavy atom. The van der Waals surface area contributed by atoms with E-state index in [1.54, 1.807) is 0 Å². The summed E-state index contributed by atoms with van der Waals surface area (Å²) in [4.78, 5) is 28.1. The predicted octanol–water partition coefficient (Wildman–Crippen LogP) is 0.989. The maximum atomic E-state index is 12.1. The fraction of sp³-hybridized carbons (Fsp3) is 0.875. The smallest absolute Gasteiger partial charge is 0.236 e. The Labute approximate surface area is 127 Å². The Kier molecular flexibility index (Phi) is 4.78. The van der Waals surface area contributed by atoms with Gasteiger partial charge in [0, 0.05) is 38.6 Å². The van der Waals surface area contributed by atoms with E-state index in [4.69, 9.17) is 0 Å². The zero-order chi connectivity index (χ0) is 14.7. The van der Waals surface area contributed by atoms with Gasteiger partial charge >= 0.3 is 0 Å². The molecule has 21 heavy (non-hydrogen) atoms. The van der Waals surface area contributed by atoms with E-state index >= 15 is 0 Å². The lowest BCUT2D eigenvalue weighted by Crippen LogP contribution is -2.41. The maximum Gasteiger partial charge on any atom is 0.236 e. The minimum absolute atomic E-state index is 0.220. The molecule has 5 heteroatoms. The molecule has 5 nitrogen and oxygen atoms in total. The summed E-state index contributed by atoms with van der Waals surface area (Å²) in [6.45, 7) is 4.07. The van der Waals surface area contributed by atoms with Gasteiger partial charge in [-0.05, 0) is 44.4 Å². The van der Waals surface area contributed by atoms with Crippen LogP contribution in [-0.4, -0.2) is 60.4 Å². The second-order valence-corrected chi connectivity index (χ2v) is 6.78. The molecule has 0 radical (unpaired) electrons. The average molecular weight is 293 g/mol. The van der Waals surface area contributed by atoms with Crippen LogP contribution in [0.5, 0.6) is 0 Å². The molecule has 3 fully saturated rings. The summed E-state index contributed by atoms with van der Waals surface area (Å²) in [6.07, 6.45) is 7.33. The van der Waals surface area contributed by atoms with Crippen molar-refractivity contribution in [2.24, 2.45) is 5.92 Å². The maximum absolute atomic E-state index is 12.1. The van der Waals surface area contributed by atoms with Crippen molar-refractivity contribution < 1.29 is 9.59 Å². The molecule has 0 aromatic carbocycles. The van der Waals surface area contributed by atoms with Crippen LogP contribution in [0.25, 0.3) is 0 Å². The molecule has 2 amide bonds. The fourth-order valence-corrected chi connectivity index (χ4v) is 3.36. The zero-order valence-corrected chi connectivity index (χ0v) is 12.9. The first-order valence-corrected chi connectivity index (χ1v) is 8.51. The number of amides is 2. The van der Waals surface area contributed by atoms with Crippen molar-refractivity contribution in [3.05, 3.63) is 0 Å². The van der Waals surface area contributed by atoms with Crippen LogP contribution in [0.3, 0.4) is 0 Å². The van der Waals surface area contributed by atoms with Crippen LogP contribution >= 0.6 is 0 Å². The van der Waals surface area contributed by atoms with Crippen molar-refractivity contribution in [3.8, 4) is 0 Å². The van der Waals surface area contributed by atoms with Gasteiger partial charge in [0.1, 0.15) is 0 Å². The molecule has 0 aromatic rings. The number of hydrogen-bond donors (Lipinski definition) is 1. The zero-order valence-electron chi connectivity index (χ0n) is 12.9. The first-order chi connectivity index (χ1) is 10.2. The highest BCUT2D eigenvalue weighted by Crippen LogP contribution is 2.30. The summed E-state index contributed by atoms with van der Waals surface area (Å²) in [7, 11) is 0. The number of nitrogens with one attached hydrogen (secondary N) is 1. The van der Waals surface area contributed by atoms with Crippen molar-refractivity contribution in [3.63, 3.8) is 0 Å². The summed E-state index contributed by atoms with van der Waals surface area (Å²) in [5, 5.41) is 3.38. The number of hydrogen-bond acceptors (Lipinski definition) is 3. The molecule has 0 bridgehead atoms. The van der Waals surface area contributed by atoms with E-state index in [1.807, 2.05) is 9.80 Å². The SMILES string of the molecule is O=C(CNC1CCC(=O)N(CC2CC2)CC1)N1CCCC1. The molecule has 0 spiro atoms. The minimum atomic E-state index is 0.220. The van der Waals surface area contributed by atoms with E-state index in [0.717, 1.165) is 57.8 Å². The Hall–Kier alpha value is -1.10. The van der Waals surface area contributed by atoms with Gasteiger partial charge in [0.25, 0.3) is 0 Å². The predicted molar refractivity (Wildman–Crippen MR) is 80.8 cm³/mol. The van der Waals surface area contributed by atoms with Crippen molar-refractivity contribution in [2.45, 2.75) is 51.0 Å². The number of carbonyl (C=O) groups is 2. The first-order valence-electron chi connectivity index (χ1n) is 8.51.